The number of hydrogen-bond acceptors (Lipinski definition) is 3. The summed E-state index contributed by atoms with van der Waals surface area (Å²) in [5, 5.41) is 22.2. The maximum Gasteiger partial charge on any atom is 0.157 e. The number of aromatic hydroxyl groups is 2. The minimum atomic E-state index is -0.132. The number of phenols is 2. The monoisotopic (exact) mass is 595 g/mol. The van der Waals surface area contributed by atoms with E-state index in [0.717, 1.165) is 12.1 Å². The number of benzene rings is 3. The molecule has 0 saturated heterocycles. The summed E-state index contributed by atoms with van der Waals surface area (Å²) in [6, 6.07) is 18.3. The molecule has 4 rings (SSSR count). The fourth-order valence-electron chi connectivity index (χ4n) is 6.99. The predicted octanol–water partition coefficient (Wildman–Crippen LogP) is 12.2. The van der Waals surface area contributed by atoms with Crippen LogP contribution in [0.4, 0.5) is 5.69 Å². The van der Waals surface area contributed by atoms with Gasteiger partial charge in [0.05, 0.1) is 0 Å². The maximum absolute atomic E-state index is 9.92. The molecule has 0 saturated carbocycles. The molecule has 0 aromatic heterocycles. The van der Waals surface area contributed by atoms with Gasteiger partial charge >= 0.3 is 0 Å². The van der Waals surface area contributed by atoms with Gasteiger partial charge in [0.2, 0.25) is 0 Å². The van der Waals surface area contributed by atoms with E-state index in [1.807, 2.05) is 12.1 Å². The van der Waals surface area contributed by atoms with Crippen LogP contribution < -0.4 is 4.90 Å². The van der Waals surface area contributed by atoms with Gasteiger partial charge in [-0.2, -0.15) is 0 Å². The van der Waals surface area contributed by atoms with Gasteiger partial charge in [0.15, 0.2) is 11.5 Å². The zero-order valence-electron chi connectivity index (χ0n) is 27.8. The molecule has 3 nitrogen and oxygen atoms in total. The smallest absolute Gasteiger partial charge is 0.157 e. The predicted molar refractivity (Wildman–Crippen MR) is 191 cm³/mol. The zero-order valence-corrected chi connectivity index (χ0v) is 27.8. The molecule has 2 N–H and O–H groups in total. The van der Waals surface area contributed by atoms with E-state index < -0.39 is 0 Å². The van der Waals surface area contributed by atoms with E-state index in [-0.39, 0.29) is 16.9 Å². The van der Waals surface area contributed by atoms with Crippen molar-refractivity contribution in [1.82, 2.24) is 0 Å². The number of nitrogens with zero attached hydrogens (tertiary/aromatic N) is 1. The normalized spacial score (nSPS) is 15.2. The molecule has 0 amide bonds. The highest BCUT2D eigenvalue weighted by Crippen LogP contribution is 2.50. The molecule has 44 heavy (non-hydrogen) atoms. The molecule has 1 aliphatic heterocycles. The Labute approximate surface area is 267 Å². The molecule has 0 fully saturated rings. The van der Waals surface area contributed by atoms with Crippen molar-refractivity contribution >= 4 is 22.5 Å². The average Bonchev–Trinajstić information content (AvgIpc) is 3.24. The van der Waals surface area contributed by atoms with Crippen LogP contribution in [0.2, 0.25) is 0 Å². The second-order valence-corrected chi connectivity index (χ2v) is 13.4. The Bertz CT molecular complexity index is 1370. The first-order chi connectivity index (χ1) is 21.4. The average molecular weight is 596 g/mol. The first-order valence-electron chi connectivity index (χ1n) is 17.6. The summed E-state index contributed by atoms with van der Waals surface area (Å²) in [5.74, 6) is -0.185. The fourth-order valence-corrected chi connectivity index (χ4v) is 6.99. The third-order valence-electron chi connectivity index (χ3n) is 9.53. The van der Waals surface area contributed by atoms with E-state index in [1.54, 1.807) is 6.07 Å². The first-order valence-corrected chi connectivity index (χ1v) is 17.6. The summed E-state index contributed by atoms with van der Waals surface area (Å²) >= 11 is 0. The Balaban J connectivity index is 1.28. The number of phenolic OH excluding ortho intramolecular Hbond substituents is 2. The molecule has 3 heteroatoms. The quantitative estimate of drug-likeness (QED) is 0.107. The molecule has 0 aliphatic carbocycles. The third-order valence-corrected chi connectivity index (χ3v) is 9.53. The Morgan fingerprint density at radius 2 is 1.25 bits per heavy atom. The van der Waals surface area contributed by atoms with Crippen molar-refractivity contribution in [1.29, 1.82) is 0 Å². The van der Waals surface area contributed by atoms with Gasteiger partial charge in [-0.3, -0.25) is 0 Å². The summed E-state index contributed by atoms with van der Waals surface area (Å²) in [7, 11) is 0. The van der Waals surface area contributed by atoms with Gasteiger partial charge in [0.25, 0.3) is 0 Å². The first kappa shape index (κ1) is 33.7. The maximum atomic E-state index is 9.92. The van der Waals surface area contributed by atoms with Crippen LogP contribution in [0.1, 0.15) is 135 Å². The van der Waals surface area contributed by atoms with Gasteiger partial charge < -0.3 is 15.1 Å². The number of anilines is 1. The molecule has 238 valence electrons. The van der Waals surface area contributed by atoms with Crippen molar-refractivity contribution in [3.05, 3.63) is 83.6 Å². The van der Waals surface area contributed by atoms with E-state index in [9.17, 15) is 10.2 Å². The molecule has 0 unspecified atom stereocenters. The van der Waals surface area contributed by atoms with Crippen LogP contribution in [0.25, 0.3) is 16.8 Å². The molecule has 0 radical (unpaired) electrons. The standard InChI is InChI=1S/C41H57NO2/c1-4-5-6-7-8-9-10-11-12-13-14-15-16-17-18-21-31-42-36-29-28-34-24-19-20-25-35(34)40(36)41(2,3)39(42)26-22-23-33-27-30-37(43)38(44)32-33/h19-20,22-30,32,43-44H,4-18,21,31H2,1-3H3. The second-order valence-electron chi connectivity index (χ2n) is 13.4. The van der Waals surface area contributed by atoms with Crippen molar-refractivity contribution in [2.45, 2.75) is 129 Å². The minimum absolute atomic E-state index is 0.0926. The van der Waals surface area contributed by atoms with Crippen molar-refractivity contribution < 1.29 is 10.2 Å². The number of rotatable bonds is 19. The largest absolute Gasteiger partial charge is 0.504 e. The highest BCUT2D eigenvalue weighted by Gasteiger charge is 2.40. The van der Waals surface area contributed by atoms with Gasteiger partial charge in [-0.05, 0) is 52.6 Å². The third kappa shape index (κ3) is 9.16. The van der Waals surface area contributed by atoms with E-state index in [4.69, 9.17) is 0 Å². The van der Waals surface area contributed by atoms with E-state index in [2.05, 4.69) is 74.2 Å². The Hall–Kier alpha value is -3.20. The molecule has 0 atom stereocenters. The lowest BCUT2D eigenvalue weighted by Gasteiger charge is -2.27. The topological polar surface area (TPSA) is 43.7 Å². The number of fused-ring (bicyclic) bond motifs is 3. The van der Waals surface area contributed by atoms with Gasteiger partial charge in [0, 0.05) is 23.3 Å². The molecular formula is C41H57NO2. The molecular weight excluding hydrogens is 538 g/mol. The van der Waals surface area contributed by atoms with Crippen LogP contribution in [-0.4, -0.2) is 16.8 Å². The van der Waals surface area contributed by atoms with E-state index >= 15 is 0 Å². The Morgan fingerprint density at radius 3 is 1.86 bits per heavy atom. The van der Waals surface area contributed by atoms with Crippen LogP contribution in [0.3, 0.4) is 0 Å². The van der Waals surface area contributed by atoms with Crippen LogP contribution in [0.15, 0.2) is 72.4 Å². The Morgan fingerprint density at radius 1 is 0.659 bits per heavy atom. The number of unbranched alkanes of at least 4 members (excludes halogenated alkanes) is 15. The van der Waals surface area contributed by atoms with E-state index in [1.165, 1.54) is 137 Å². The van der Waals surface area contributed by atoms with Gasteiger partial charge in [-0.25, -0.2) is 0 Å². The van der Waals surface area contributed by atoms with Crippen molar-refractivity contribution in [2.75, 3.05) is 11.4 Å². The molecule has 0 bridgehead atoms. The second kappa shape index (κ2) is 17.3. The van der Waals surface area contributed by atoms with Gasteiger partial charge in [0.1, 0.15) is 0 Å². The number of hydrogen-bond donors (Lipinski definition) is 2. The summed E-state index contributed by atoms with van der Waals surface area (Å²) in [6.07, 6.45) is 28.4. The van der Waals surface area contributed by atoms with Crippen LogP contribution in [0.5, 0.6) is 11.5 Å². The van der Waals surface area contributed by atoms with Crippen molar-refractivity contribution in [2.24, 2.45) is 0 Å². The molecule has 0 spiro atoms. The summed E-state index contributed by atoms with van der Waals surface area (Å²) in [4.78, 5) is 2.55. The van der Waals surface area contributed by atoms with Crippen LogP contribution >= 0.6 is 0 Å². The summed E-state index contributed by atoms with van der Waals surface area (Å²) in [5.41, 5.74) is 4.78. The van der Waals surface area contributed by atoms with Crippen molar-refractivity contribution in [3.8, 4) is 11.5 Å². The molecule has 1 heterocycles. The Kier molecular flexibility index (Phi) is 13.3. The summed E-state index contributed by atoms with van der Waals surface area (Å²) < 4.78 is 0. The molecule has 3 aromatic carbocycles. The highest BCUT2D eigenvalue weighted by atomic mass is 16.3. The number of allylic oxidation sites excluding steroid dienone is 3. The SMILES string of the molecule is CCCCCCCCCCCCCCCCCCN1C(=CC=Cc2ccc(O)c(O)c2)C(C)(C)c2c1ccc1ccccc21. The lowest BCUT2D eigenvalue weighted by Crippen LogP contribution is -2.27. The van der Waals surface area contributed by atoms with Crippen LogP contribution in [-0.2, 0) is 5.41 Å². The van der Waals surface area contributed by atoms with Gasteiger partial charge in [-0.15, -0.1) is 0 Å². The fraction of sp³-hybridized carbons (Fsp3) is 0.512. The summed E-state index contributed by atoms with van der Waals surface area (Å²) in [6.45, 7) is 8.00. The minimum Gasteiger partial charge on any atom is -0.504 e. The van der Waals surface area contributed by atoms with Crippen LogP contribution in [0, 0.1) is 0 Å². The molecule has 3 aromatic rings. The van der Waals surface area contributed by atoms with Gasteiger partial charge in [-0.1, -0.05) is 166 Å². The zero-order chi connectivity index (χ0) is 31.2. The lowest BCUT2D eigenvalue weighted by molar-refractivity contribution is 0.403. The molecule has 1 aliphatic rings. The van der Waals surface area contributed by atoms with E-state index in [0.29, 0.717) is 0 Å². The van der Waals surface area contributed by atoms with Crippen molar-refractivity contribution in [3.63, 3.8) is 0 Å². The highest BCUT2D eigenvalue weighted by molar-refractivity contribution is 5.94. The lowest BCUT2D eigenvalue weighted by atomic mass is 9.81.